The predicted molar refractivity (Wildman–Crippen MR) is 76.0 cm³/mol. The van der Waals surface area contributed by atoms with Gasteiger partial charge in [0.25, 0.3) is 10.0 Å². The first-order valence-corrected chi connectivity index (χ1v) is 8.25. The second-order valence-electron chi connectivity index (χ2n) is 5.21. The highest BCUT2D eigenvalue weighted by Crippen LogP contribution is 2.28. The van der Waals surface area contributed by atoms with Crippen LogP contribution < -0.4 is 0 Å². The van der Waals surface area contributed by atoms with E-state index in [2.05, 4.69) is 15.0 Å². The summed E-state index contributed by atoms with van der Waals surface area (Å²) >= 11 is 0. The Hall–Kier alpha value is -1.80. The molecule has 0 N–H and O–H groups in total. The summed E-state index contributed by atoms with van der Waals surface area (Å²) in [7, 11) is -1.77. The average Bonchev–Trinajstić information content (AvgIpc) is 2.96. The van der Waals surface area contributed by atoms with Crippen molar-refractivity contribution in [1.29, 1.82) is 0 Å². The van der Waals surface area contributed by atoms with Gasteiger partial charge in [-0.2, -0.15) is 4.31 Å². The van der Waals surface area contributed by atoms with Gasteiger partial charge in [-0.25, -0.2) is 23.4 Å². The number of imidazole rings is 1. The molecule has 3 heterocycles. The second kappa shape index (κ2) is 5.53. The molecule has 0 aliphatic carbocycles. The van der Waals surface area contributed by atoms with E-state index in [-0.39, 0.29) is 10.9 Å². The van der Waals surface area contributed by atoms with Gasteiger partial charge in [-0.1, -0.05) is 0 Å². The largest absolute Gasteiger partial charge is 0.339 e. The van der Waals surface area contributed by atoms with Crippen LogP contribution in [0.1, 0.15) is 24.5 Å². The van der Waals surface area contributed by atoms with Crippen molar-refractivity contribution in [2.75, 3.05) is 13.1 Å². The highest BCUT2D eigenvalue weighted by Gasteiger charge is 2.32. The van der Waals surface area contributed by atoms with Crippen molar-refractivity contribution in [2.24, 2.45) is 7.05 Å². The highest BCUT2D eigenvalue weighted by molar-refractivity contribution is 7.89. The molecule has 0 aromatic carbocycles. The van der Waals surface area contributed by atoms with Gasteiger partial charge in [-0.15, -0.1) is 0 Å². The molecule has 1 aliphatic rings. The normalized spacial score (nSPS) is 20.5. The molecule has 3 rings (SSSR count). The fourth-order valence-electron chi connectivity index (χ4n) is 2.60. The number of rotatable bonds is 3. The van der Waals surface area contributed by atoms with E-state index in [1.54, 1.807) is 17.8 Å². The van der Waals surface area contributed by atoms with Gasteiger partial charge >= 0.3 is 0 Å². The van der Waals surface area contributed by atoms with Crippen molar-refractivity contribution in [3.8, 4) is 0 Å². The molecular weight excluding hydrogens is 290 g/mol. The molecule has 1 fully saturated rings. The van der Waals surface area contributed by atoms with Gasteiger partial charge in [0, 0.05) is 44.1 Å². The summed E-state index contributed by atoms with van der Waals surface area (Å²) in [6.45, 7) is 0.969. The predicted octanol–water partition coefficient (Wildman–Crippen LogP) is 0.778. The maximum Gasteiger partial charge on any atom is 0.262 e. The Morgan fingerprint density at radius 3 is 2.86 bits per heavy atom. The molecule has 1 aliphatic heterocycles. The van der Waals surface area contributed by atoms with Crippen molar-refractivity contribution >= 4 is 10.0 Å². The maximum atomic E-state index is 12.6. The fraction of sp³-hybridized carbons (Fsp3) is 0.462. The molecule has 0 bridgehead atoms. The number of hydrogen-bond donors (Lipinski definition) is 0. The Bertz CT molecular complexity index is 713. The Labute approximate surface area is 123 Å². The molecule has 0 saturated carbocycles. The van der Waals surface area contributed by atoms with E-state index in [9.17, 15) is 8.42 Å². The zero-order valence-corrected chi connectivity index (χ0v) is 12.6. The molecule has 2 aromatic heterocycles. The molecule has 21 heavy (non-hydrogen) atoms. The zero-order chi connectivity index (χ0) is 14.9. The van der Waals surface area contributed by atoms with Crippen molar-refractivity contribution in [3.05, 3.63) is 36.8 Å². The monoisotopic (exact) mass is 307 g/mol. The van der Waals surface area contributed by atoms with Crippen LogP contribution in [0.15, 0.2) is 36.1 Å². The van der Waals surface area contributed by atoms with Gasteiger partial charge < -0.3 is 4.57 Å². The molecular formula is C13H17N5O2S. The third-order valence-corrected chi connectivity index (χ3v) is 5.44. The quantitative estimate of drug-likeness (QED) is 0.837. The van der Waals surface area contributed by atoms with E-state index in [4.69, 9.17) is 0 Å². The first kappa shape index (κ1) is 14.2. The minimum atomic E-state index is -3.52. The van der Waals surface area contributed by atoms with E-state index in [1.165, 1.54) is 23.2 Å². The van der Waals surface area contributed by atoms with Crippen molar-refractivity contribution in [2.45, 2.75) is 23.8 Å². The fourth-order valence-corrected chi connectivity index (χ4v) is 4.09. The molecule has 7 nitrogen and oxygen atoms in total. The summed E-state index contributed by atoms with van der Waals surface area (Å²) < 4.78 is 28.3. The standard InChI is InChI=1S/C13H17N5O2S/c1-17-8-13(16-10-17)21(19,20)18-6-2-3-11(7-18)12-4-5-14-9-15-12/h4-5,8-11H,2-3,6-7H2,1H3/t11-/m1/s1. The molecule has 0 spiro atoms. The average molecular weight is 307 g/mol. The summed E-state index contributed by atoms with van der Waals surface area (Å²) in [6, 6.07) is 1.85. The molecule has 0 amide bonds. The van der Waals surface area contributed by atoms with Crippen LogP contribution in [0.4, 0.5) is 0 Å². The van der Waals surface area contributed by atoms with Crippen LogP contribution in [0.25, 0.3) is 0 Å². The van der Waals surface area contributed by atoms with Gasteiger partial charge in [-0.05, 0) is 18.9 Å². The number of hydrogen-bond acceptors (Lipinski definition) is 5. The Kier molecular flexibility index (Phi) is 3.73. The summed E-state index contributed by atoms with van der Waals surface area (Å²) in [5, 5.41) is 0.105. The van der Waals surface area contributed by atoms with Crippen LogP contribution in [-0.2, 0) is 17.1 Å². The first-order chi connectivity index (χ1) is 10.1. The second-order valence-corrected chi connectivity index (χ2v) is 7.10. The Balaban J connectivity index is 1.83. The maximum absolute atomic E-state index is 12.6. The SMILES string of the molecule is Cn1cnc(S(=O)(=O)N2CCC[C@@H](c3ccncn3)C2)c1. The molecule has 8 heteroatoms. The van der Waals surface area contributed by atoms with Gasteiger partial charge in [0.15, 0.2) is 5.03 Å². The van der Waals surface area contributed by atoms with E-state index in [1.807, 2.05) is 6.07 Å². The van der Waals surface area contributed by atoms with Gasteiger partial charge in [0.1, 0.15) is 6.33 Å². The number of nitrogens with zero attached hydrogens (tertiary/aromatic N) is 5. The Morgan fingerprint density at radius 1 is 1.33 bits per heavy atom. The zero-order valence-electron chi connectivity index (χ0n) is 11.8. The van der Waals surface area contributed by atoms with Gasteiger partial charge in [-0.3, -0.25) is 0 Å². The lowest BCUT2D eigenvalue weighted by Gasteiger charge is -2.30. The van der Waals surface area contributed by atoms with E-state index in [0.717, 1.165) is 18.5 Å². The van der Waals surface area contributed by atoms with Crippen molar-refractivity contribution in [3.63, 3.8) is 0 Å². The van der Waals surface area contributed by atoms with Crippen LogP contribution in [0.5, 0.6) is 0 Å². The number of sulfonamides is 1. The van der Waals surface area contributed by atoms with E-state index >= 15 is 0 Å². The molecule has 0 unspecified atom stereocenters. The highest BCUT2D eigenvalue weighted by atomic mass is 32.2. The van der Waals surface area contributed by atoms with Crippen LogP contribution in [0.3, 0.4) is 0 Å². The third-order valence-electron chi connectivity index (χ3n) is 3.69. The topological polar surface area (TPSA) is 81.0 Å². The summed E-state index contributed by atoms with van der Waals surface area (Å²) in [6.07, 6.45) is 7.98. The van der Waals surface area contributed by atoms with Crippen LogP contribution in [-0.4, -0.2) is 45.3 Å². The summed E-state index contributed by atoms with van der Waals surface area (Å²) in [5.41, 5.74) is 0.894. The number of aryl methyl sites for hydroxylation is 1. The lowest BCUT2D eigenvalue weighted by atomic mass is 9.96. The van der Waals surface area contributed by atoms with Crippen LogP contribution in [0.2, 0.25) is 0 Å². The van der Waals surface area contributed by atoms with E-state index < -0.39 is 10.0 Å². The lowest BCUT2D eigenvalue weighted by molar-refractivity contribution is 0.311. The third kappa shape index (κ3) is 2.81. The summed E-state index contributed by atoms with van der Waals surface area (Å²) in [5.74, 6) is 0.111. The van der Waals surface area contributed by atoms with Crippen molar-refractivity contribution in [1.82, 2.24) is 23.8 Å². The summed E-state index contributed by atoms with van der Waals surface area (Å²) in [4.78, 5) is 12.1. The molecule has 0 radical (unpaired) electrons. The van der Waals surface area contributed by atoms with E-state index in [0.29, 0.717) is 13.1 Å². The minimum absolute atomic E-state index is 0.105. The number of piperidine rings is 1. The van der Waals surface area contributed by atoms with Crippen LogP contribution in [0, 0.1) is 0 Å². The number of aromatic nitrogens is 4. The van der Waals surface area contributed by atoms with Crippen molar-refractivity contribution < 1.29 is 8.42 Å². The van der Waals surface area contributed by atoms with Gasteiger partial charge in [0.2, 0.25) is 0 Å². The molecule has 1 saturated heterocycles. The molecule has 2 aromatic rings. The first-order valence-electron chi connectivity index (χ1n) is 6.81. The lowest BCUT2D eigenvalue weighted by Crippen LogP contribution is -2.39. The Morgan fingerprint density at radius 2 is 2.19 bits per heavy atom. The molecule has 1 atom stereocenters. The van der Waals surface area contributed by atoms with Crippen LogP contribution >= 0.6 is 0 Å². The smallest absolute Gasteiger partial charge is 0.262 e. The molecule has 112 valence electrons. The van der Waals surface area contributed by atoms with Gasteiger partial charge in [0.05, 0.1) is 6.33 Å². The minimum Gasteiger partial charge on any atom is -0.339 e.